The Kier molecular flexibility index (Phi) is 13.2. The zero-order chi connectivity index (χ0) is 28.1. The number of thiol groups is 1. The molecule has 0 aromatic rings. The molecule has 0 saturated carbocycles. The number of nitrogens with one attached hydrogen (secondary N) is 3. The fraction of sp³-hybridized carbons (Fsp3) is 0.650. The Labute approximate surface area is 219 Å². The number of nitrogens with two attached hydrogens (primary N) is 5. The summed E-state index contributed by atoms with van der Waals surface area (Å²) in [7, 11) is 0. The number of carbonyl (C=O) groups is 6. The Morgan fingerprint density at radius 3 is 2.22 bits per heavy atom. The third kappa shape index (κ3) is 10.9. The average Bonchev–Trinajstić information content (AvgIpc) is 3.31. The van der Waals surface area contributed by atoms with E-state index in [0.29, 0.717) is 19.3 Å². The van der Waals surface area contributed by atoms with Crippen molar-refractivity contribution in [2.24, 2.45) is 33.7 Å². The van der Waals surface area contributed by atoms with E-state index in [1.165, 1.54) is 4.90 Å². The lowest BCUT2D eigenvalue weighted by Crippen LogP contribution is -2.58. The number of aliphatic imine (C=N–C) groups is 1. The summed E-state index contributed by atoms with van der Waals surface area (Å²) < 4.78 is 0. The first-order chi connectivity index (χ1) is 17.4. The number of hydrogen-bond donors (Lipinski definition) is 9. The van der Waals surface area contributed by atoms with Crippen LogP contribution in [0.1, 0.15) is 32.1 Å². The number of amides is 6. The van der Waals surface area contributed by atoms with Crippen molar-refractivity contribution in [1.82, 2.24) is 20.9 Å². The Balaban J connectivity index is 2.91. The van der Waals surface area contributed by atoms with Crippen molar-refractivity contribution in [3.05, 3.63) is 0 Å². The largest absolute Gasteiger partial charge is 0.370 e. The summed E-state index contributed by atoms with van der Waals surface area (Å²) >= 11 is 4.11. The van der Waals surface area contributed by atoms with E-state index < -0.39 is 72.6 Å². The molecule has 1 aliphatic rings. The van der Waals surface area contributed by atoms with Gasteiger partial charge in [-0.3, -0.25) is 33.8 Å². The van der Waals surface area contributed by atoms with Crippen LogP contribution in [0.5, 0.6) is 0 Å². The summed E-state index contributed by atoms with van der Waals surface area (Å²) in [6.45, 7) is 0.00878. The molecule has 6 amide bonds. The second-order valence-electron chi connectivity index (χ2n) is 8.40. The Morgan fingerprint density at radius 1 is 0.973 bits per heavy atom. The van der Waals surface area contributed by atoms with Crippen LogP contribution in [-0.4, -0.2) is 95.9 Å². The van der Waals surface area contributed by atoms with Gasteiger partial charge in [0.1, 0.15) is 18.1 Å². The highest BCUT2D eigenvalue weighted by molar-refractivity contribution is 7.80. The van der Waals surface area contributed by atoms with Crippen LogP contribution in [-0.2, 0) is 28.8 Å². The molecule has 0 aromatic heterocycles. The molecule has 0 bridgehead atoms. The van der Waals surface area contributed by atoms with E-state index in [1.54, 1.807) is 0 Å². The van der Waals surface area contributed by atoms with Crippen LogP contribution in [0.2, 0.25) is 0 Å². The van der Waals surface area contributed by atoms with Crippen LogP contribution in [0.15, 0.2) is 4.99 Å². The first-order valence-electron chi connectivity index (χ1n) is 11.5. The molecule has 0 aliphatic carbocycles. The smallest absolute Gasteiger partial charge is 0.246 e. The number of hydrogen-bond acceptors (Lipinski definition) is 9. The first-order valence-corrected chi connectivity index (χ1v) is 12.2. The van der Waals surface area contributed by atoms with Crippen LogP contribution >= 0.6 is 12.6 Å². The number of primary amides is 2. The van der Waals surface area contributed by atoms with E-state index >= 15 is 0 Å². The Bertz CT molecular complexity index is 897. The predicted octanol–water partition coefficient (Wildman–Crippen LogP) is -5.27. The quantitative estimate of drug-likeness (QED) is 0.0411. The minimum absolute atomic E-state index is 0.0956. The summed E-state index contributed by atoms with van der Waals surface area (Å²) in [5, 5.41) is 7.37. The standard InChI is InChI=1S/C20H36N10O6S/c21-10(7-14(22)31)16(33)29-12(9-37)19(36)30-6-2-4-13(30)18(35)28-11(3-1-5-26-20(24)25)17(34)27-8-15(23)32/h10-13,37H,1-9,21H2,(H2,22,31)(H2,23,32)(H,27,34)(H,28,35)(H,29,33)(H4,24,25,26)/t10-,11-,12-,13-/m0/s1. The molecule has 13 N–H and O–H groups in total. The van der Waals surface area contributed by atoms with Gasteiger partial charge in [-0.25, -0.2) is 0 Å². The second kappa shape index (κ2) is 15.5. The van der Waals surface area contributed by atoms with Crippen molar-refractivity contribution in [3.63, 3.8) is 0 Å². The summed E-state index contributed by atoms with van der Waals surface area (Å²) in [6, 6.07) is -4.33. The third-order valence-electron chi connectivity index (χ3n) is 5.41. The van der Waals surface area contributed by atoms with Gasteiger partial charge in [-0.15, -0.1) is 0 Å². The number of likely N-dealkylation sites (tertiary alicyclic amines) is 1. The molecule has 0 radical (unpaired) electrons. The minimum Gasteiger partial charge on any atom is -0.370 e. The van der Waals surface area contributed by atoms with Crippen molar-refractivity contribution in [1.29, 1.82) is 0 Å². The maximum atomic E-state index is 13.1. The summed E-state index contributed by atoms with van der Waals surface area (Å²) in [6.07, 6.45) is 0.883. The fourth-order valence-electron chi connectivity index (χ4n) is 3.61. The maximum Gasteiger partial charge on any atom is 0.246 e. The van der Waals surface area contributed by atoms with Gasteiger partial charge in [0.15, 0.2) is 5.96 Å². The van der Waals surface area contributed by atoms with Gasteiger partial charge in [-0.2, -0.15) is 12.6 Å². The molecule has 1 fully saturated rings. The maximum absolute atomic E-state index is 13.1. The van der Waals surface area contributed by atoms with Gasteiger partial charge >= 0.3 is 0 Å². The molecule has 17 heteroatoms. The fourth-order valence-corrected chi connectivity index (χ4v) is 3.86. The molecule has 0 aromatic carbocycles. The summed E-state index contributed by atoms with van der Waals surface area (Å²) in [5.41, 5.74) is 26.3. The Morgan fingerprint density at radius 2 is 1.65 bits per heavy atom. The molecule has 0 spiro atoms. The van der Waals surface area contributed by atoms with Gasteiger partial charge in [0.05, 0.1) is 19.0 Å². The molecule has 0 unspecified atom stereocenters. The molecular formula is C20H36N10O6S. The van der Waals surface area contributed by atoms with E-state index in [1.807, 2.05) is 0 Å². The lowest BCUT2D eigenvalue weighted by molar-refractivity contribution is -0.142. The van der Waals surface area contributed by atoms with Crippen LogP contribution in [0.3, 0.4) is 0 Å². The Hall–Kier alpha value is -3.60. The molecule has 16 nitrogen and oxygen atoms in total. The van der Waals surface area contributed by atoms with E-state index in [9.17, 15) is 28.8 Å². The highest BCUT2D eigenvalue weighted by Gasteiger charge is 2.38. The van der Waals surface area contributed by atoms with Gasteiger partial charge in [-0.05, 0) is 25.7 Å². The van der Waals surface area contributed by atoms with Gasteiger partial charge < -0.3 is 49.5 Å². The van der Waals surface area contributed by atoms with Gasteiger partial charge in [0.2, 0.25) is 35.4 Å². The number of carbonyl (C=O) groups excluding carboxylic acids is 6. The van der Waals surface area contributed by atoms with Crippen molar-refractivity contribution >= 4 is 54.0 Å². The lowest BCUT2D eigenvalue weighted by Gasteiger charge is -2.29. The number of guanidine groups is 1. The predicted molar refractivity (Wildman–Crippen MR) is 136 cm³/mol. The molecular weight excluding hydrogens is 508 g/mol. The summed E-state index contributed by atoms with van der Waals surface area (Å²) in [4.78, 5) is 78.2. The van der Waals surface area contributed by atoms with Gasteiger partial charge in [-0.1, -0.05) is 0 Å². The summed E-state index contributed by atoms with van der Waals surface area (Å²) in [5.74, 6) is -4.34. The molecule has 1 saturated heterocycles. The van der Waals surface area contributed by atoms with Gasteiger partial charge in [0, 0.05) is 18.8 Å². The molecule has 208 valence electrons. The van der Waals surface area contributed by atoms with E-state index in [2.05, 4.69) is 33.6 Å². The molecule has 4 atom stereocenters. The molecule has 1 heterocycles. The van der Waals surface area contributed by atoms with Crippen LogP contribution in [0.4, 0.5) is 0 Å². The minimum atomic E-state index is -1.25. The second-order valence-corrected chi connectivity index (χ2v) is 8.77. The molecule has 37 heavy (non-hydrogen) atoms. The molecule has 1 rings (SSSR count). The zero-order valence-corrected chi connectivity index (χ0v) is 21.2. The topological polar surface area (TPSA) is 284 Å². The zero-order valence-electron chi connectivity index (χ0n) is 20.4. The van der Waals surface area contributed by atoms with Crippen LogP contribution < -0.4 is 44.6 Å². The van der Waals surface area contributed by atoms with E-state index in [4.69, 9.17) is 28.7 Å². The SMILES string of the molecule is NC(=O)CNC(=O)[C@H](CCCN=C(N)N)NC(=O)[C@@H]1CCCN1C(=O)[C@H](CS)NC(=O)[C@@H](N)CC(N)=O. The van der Waals surface area contributed by atoms with Crippen LogP contribution in [0.25, 0.3) is 0 Å². The van der Waals surface area contributed by atoms with Crippen molar-refractivity contribution < 1.29 is 28.8 Å². The number of nitrogens with zero attached hydrogens (tertiary/aromatic N) is 2. The van der Waals surface area contributed by atoms with Crippen molar-refractivity contribution in [2.75, 3.05) is 25.4 Å². The first kappa shape index (κ1) is 31.4. The van der Waals surface area contributed by atoms with Gasteiger partial charge in [0.25, 0.3) is 0 Å². The van der Waals surface area contributed by atoms with E-state index in [0.717, 1.165) is 0 Å². The number of rotatable bonds is 15. The third-order valence-corrected chi connectivity index (χ3v) is 5.77. The monoisotopic (exact) mass is 544 g/mol. The highest BCUT2D eigenvalue weighted by Crippen LogP contribution is 2.19. The normalized spacial score (nSPS) is 17.1. The average molecular weight is 545 g/mol. The highest BCUT2D eigenvalue weighted by atomic mass is 32.1. The van der Waals surface area contributed by atoms with E-state index in [-0.39, 0.29) is 31.2 Å². The van der Waals surface area contributed by atoms with Crippen LogP contribution in [0, 0.1) is 0 Å². The van der Waals surface area contributed by atoms with Crippen molar-refractivity contribution in [2.45, 2.75) is 56.3 Å². The van der Waals surface area contributed by atoms with Crippen molar-refractivity contribution in [3.8, 4) is 0 Å². The lowest BCUT2D eigenvalue weighted by atomic mass is 10.1. The molecule has 1 aliphatic heterocycles.